The first-order valence-electron chi connectivity index (χ1n) is 3.52. The summed E-state index contributed by atoms with van der Waals surface area (Å²) in [6.07, 6.45) is 1.36. The number of hydrogen-bond acceptors (Lipinski definition) is 3. The Hall–Kier alpha value is -1.01. The smallest absolute Gasteiger partial charge is 0.327 e. The van der Waals surface area contributed by atoms with Gasteiger partial charge in [0.15, 0.2) is 5.92 Å². The predicted octanol–water partition coefficient (Wildman–Crippen LogP) is 1.83. The Kier molecular flexibility index (Phi) is 5.14. The van der Waals surface area contributed by atoms with Gasteiger partial charge in [-0.15, -0.1) is 0 Å². The second-order valence-corrected chi connectivity index (χ2v) is 2.71. The third-order valence-electron chi connectivity index (χ3n) is 1.08. The van der Waals surface area contributed by atoms with Gasteiger partial charge in [-0.3, -0.25) is 4.79 Å². The van der Waals surface area contributed by atoms with Crippen LogP contribution in [0, 0.1) is 17.2 Å². The molecule has 0 saturated carbocycles. The molecule has 0 fully saturated rings. The molecular weight excluding hydrogens is 178 g/mol. The minimum Gasteiger partial charge on any atom is -0.465 e. The zero-order valence-corrected chi connectivity index (χ0v) is 7.76. The summed E-state index contributed by atoms with van der Waals surface area (Å²) in [6.45, 7) is 3.56. The molecule has 4 heteroatoms. The van der Waals surface area contributed by atoms with Crippen LogP contribution in [-0.4, -0.2) is 12.6 Å². The molecule has 0 aliphatic rings. The van der Waals surface area contributed by atoms with Gasteiger partial charge in [0, 0.05) is 5.03 Å². The van der Waals surface area contributed by atoms with E-state index in [1.54, 1.807) is 19.9 Å². The van der Waals surface area contributed by atoms with Crippen molar-refractivity contribution in [2.24, 2.45) is 5.92 Å². The lowest BCUT2D eigenvalue weighted by molar-refractivity contribution is -0.144. The summed E-state index contributed by atoms with van der Waals surface area (Å²) in [4.78, 5) is 11.0. The minimum absolute atomic E-state index is 0.270. The lowest BCUT2D eigenvalue weighted by Crippen LogP contribution is -2.14. The van der Waals surface area contributed by atoms with E-state index >= 15 is 0 Å². The fourth-order valence-corrected chi connectivity index (χ4v) is 0.746. The molecule has 0 heterocycles. The summed E-state index contributed by atoms with van der Waals surface area (Å²) in [6, 6.07) is 1.78. The highest BCUT2D eigenvalue weighted by molar-refractivity contribution is 6.29. The summed E-state index contributed by atoms with van der Waals surface area (Å²) >= 11 is 5.50. The van der Waals surface area contributed by atoms with Crippen molar-refractivity contribution in [3.05, 3.63) is 11.1 Å². The first kappa shape index (κ1) is 11.0. The van der Waals surface area contributed by atoms with E-state index in [2.05, 4.69) is 4.74 Å². The number of rotatable bonds is 3. The van der Waals surface area contributed by atoms with Gasteiger partial charge < -0.3 is 4.74 Å². The van der Waals surface area contributed by atoms with Gasteiger partial charge in [-0.2, -0.15) is 5.26 Å². The fraction of sp³-hybridized carbons (Fsp3) is 0.500. The Balaban J connectivity index is 4.28. The van der Waals surface area contributed by atoms with Gasteiger partial charge in [0.25, 0.3) is 0 Å². The molecule has 1 unspecified atom stereocenters. The molecule has 0 aromatic carbocycles. The van der Waals surface area contributed by atoms with Gasteiger partial charge in [0.1, 0.15) is 0 Å². The Bertz CT molecular complexity index is 226. The molecule has 0 aliphatic carbocycles. The van der Waals surface area contributed by atoms with Crippen LogP contribution >= 0.6 is 11.6 Å². The van der Waals surface area contributed by atoms with Gasteiger partial charge in [-0.25, -0.2) is 0 Å². The largest absolute Gasteiger partial charge is 0.465 e. The molecule has 12 heavy (non-hydrogen) atoms. The van der Waals surface area contributed by atoms with E-state index in [1.165, 1.54) is 6.08 Å². The third-order valence-corrected chi connectivity index (χ3v) is 1.20. The van der Waals surface area contributed by atoms with Crippen LogP contribution in [0.5, 0.6) is 0 Å². The van der Waals surface area contributed by atoms with Gasteiger partial charge in [0.05, 0.1) is 12.7 Å². The van der Waals surface area contributed by atoms with E-state index in [0.29, 0.717) is 5.03 Å². The highest BCUT2D eigenvalue weighted by Gasteiger charge is 2.15. The molecule has 0 aromatic heterocycles. The number of ether oxygens (including phenoxy) is 1. The van der Waals surface area contributed by atoms with E-state index in [4.69, 9.17) is 16.9 Å². The molecule has 0 radical (unpaired) electrons. The maximum atomic E-state index is 11.0. The third kappa shape index (κ3) is 3.99. The number of esters is 1. The van der Waals surface area contributed by atoms with E-state index in [-0.39, 0.29) is 6.61 Å². The Morgan fingerprint density at radius 3 is 2.75 bits per heavy atom. The highest BCUT2D eigenvalue weighted by Crippen LogP contribution is 2.07. The molecule has 0 spiro atoms. The zero-order chi connectivity index (χ0) is 9.56. The van der Waals surface area contributed by atoms with Gasteiger partial charge >= 0.3 is 5.97 Å². The van der Waals surface area contributed by atoms with Crippen LogP contribution in [0.2, 0.25) is 0 Å². The number of carbonyl (C=O) groups excluding carboxylic acids is 1. The molecule has 0 aromatic rings. The van der Waals surface area contributed by atoms with Crippen molar-refractivity contribution in [2.45, 2.75) is 13.8 Å². The van der Waals surface area contributed by atoms with E-state index in [0.717, 1.165) is 0 Å². The number of allylic oxidation sites excluding steroid dienone is 1. The average molecular weight is 188 g/mol. The standard InChI is InChI=1S/C8H10ClNO2/c1-3-12-8(11)7(5-10)4-6(2)9/h4,7H,3H2,1-2H3/b6-4+. The molecule has 0 aliphatic heterocycles. The fourth-order valence-electron chi connectivity index (χ4n) is 0.620. The SMILES string of the molecule is CCOC(=O)C(C#N)/C=C(\C)Cl. The van der Waals surface area contributed by atoms with Crippen molar-refractivity contribution in [3.63, 3.8) is 0 Å². The zero-order valence-electron chi connectivity index (χ0n) is 7.00. The van der Waals surface area contributed by atoms with Crippen LogP contribution in [0.15, 0.2) is 11.1 Å². The lowest BCUT2D eigenvalue weighted by atomic mass is 10.1. The first-order chi connectivity index (χ1) is 5.61. The normalized spacial score (nSPS) is 13.3. The van der Waals surface area contributed by atoms with Crippen molar-refractivity contribution in [1.29, 1.82) is 5.26 Å². The summed E-state index contributed by atoms with van der Waals surface area (Å²) in [7, 11) is 0. The molecule has 0 amide bonds. The molecule has 0 rings (SSSR count). The number of nitriles is 1. The number of halogens is 1. The number of hydrogen-bond donors (Lipinski definition) is 0. The van der Waals surface area contributed by atoms with Crippen molar-refractivity contribution in [1.82, 2.24) is 0 Å². The lowest BCUT2D eigenvalue weighted by Gasteiger charge is -2.02. The quantitative estimate of drug-likeness (QED) is 0.634. The van der Waals surface area contributed by atoms with Crippen molar-refractivity contribution in [2.75, 3.05) is 6.61 Å². The second kappa shape index (κ2) is 5.62. The average Bonchev–Trinajstić information content (AvgIpc) is 2.00. The topological polar surface area (TPSA) is 50.1 Å². The predicted molar refractivity (Wildman–Crippen MR) is 45.3 cm³/mol. The Morgan fingerprint density at radius 2 is 2.42 bits per heavy atom. The summed E-state index contributed by atoms with van der Waals surface area (Å²) < 4.78 is 4.63. The van der Waals surface area contributed by atoms with Gasteiger partial charge in [-0.05, 0) is 19.9 Å². The van der Waals surface area contributed by atoms with E-state index < -0.39 is 11.9 Å². The monoisotopic (exact) mass is 187 g/mol. The molecule has 0 bridgehead atoms. The van der Waals surface area contributed by atoms with Crippen molar-refractivity contribution in [3.8, 4) is 6.07 Å². The minimum atomic E-state index is -0.887. The summed E-state index contributed by atoms with van der Waals surface area (Å²) in [5, 5.41) is 8.93. The van der Waals surface area contributed by atoms with Crippen LogP contribution in [-0.2, 0) is 9.53 Å². The molecule has 0 saturated heterocycles. The van der Waals surface area contributed by atoms with Crippen molar-refractivity contribution < 1.29 is 9.53 Å². The molecule has 0 N–H and O–H groups in total. The number of carbonyl (C=O) groups is 1. The maximum absolute atomic E-state index is 11.0. The van der Waals surface area contributed by atoms with E-state index in [1.807, 2.05) is 0 Å². The Labute approximate surface area is 76.6 Å². The van der Waals surface area contributed by atoms with Crippen LogP contribution < -0.4 is 0 Å². The van der Waals surface area contributed by atoms with Crippen LogP contribution in [0.4, 0.5) is 0 Å². The first-order valence-corrected chi connectivity index (χ1v) is 3.89. The van der Waals surface area contributed by atoms with Crippen LogP contribution in [0.1, 0.15) is 13.8 Å². The number of nitrogens with zero attached hydrogens (tertiary/aromatic N) is 1. The van der Waals surface area contributed by atoms with Crippen LogP contribution in [0.3, 0.4) is 0 Å². The molecule has 3 nitrogen and oxygen atoms in total. The second-order valence-electron chi connectivity index (χ2n) is 2.11. The van der Waals surface area contributed by atoms with Gasteiger partial charge in [-0.1, -0.05) is 11.6 Å². The van der Waals surface area contributed by atoms with E-state index in [9.17, 15) is 4.79 Å². The van der Waals surface area contributed by atoms with Gasteiger partial charge in [0.2, 0.25) is 0 Å². The molecule has 66 valence electrons. The molecular formula is C8H10ClNO2. The Morgan fingerprint density at radius 1 is 1.83 bits per heavy atom. The van der Waals surface area contributed by atoms with Crippen LogP contribution in [0.25, 0.3) is 0 Å². The summed E-state index contributed by atoms with van der Waals surface area (Å²) in [5.41, 5.74) is 0. The summed E-state index contributed by atoms with van der Waals surface area (Å²) in [5.74, 6) is -1.44. The highest BCUT2D eigenvalue weighted by atomic mass is 35.5. The maximum Gasteiger partial charge on any atom is 0.327 e. The molecule has 1 atom stereocenters. The van der Waals surface area contributed by atoms with Crippen molar-refractivity contribution >= 4 is 17.6 Å².